The molecule has 3 atom stereocenters. The molecule has 3 unspecified atom stereocenters. The predicted octanol–water partition coefficient (Wildman–Crippen LogP) is 5.67. The number of fused-ring (bicyclic) bond motifs is 3. The number of likely N-dealkylation sites (N-methyl/N-ethyl adjacent to an activating group) is 1. The Morgan fingerprint density at radius 2 is 1.62 bits per heavy atom. The van der Waals surface area contributed by atoms with Gasteiger partial charge in [0.25, 0.3) is 0 Å². The lowest BCUT2D eigenvalue weighted by atomic mass is 9.80. The molecule has 1 aromatic carbocycles. The van der Waals surface area contributed by atoms with Crippen molar-refractivity contribution in [2.24, 2.45) is 0 Å². The van der Waals surface area contributed by atoms with Crippen LogP contribution in [0, 0.1) is 5.82 Å². The molecular formula is C26H23F8N3O2S. The second-order valence-corrected chi connectivity index (χ2v) is 11.6. The van der Waals surface area contributed by atoms with E-state index >= 15 is 0 Å². The van der Waals surface area contributed by atoms with Gasteiger partial charge >= 0.3 is 18.0 Å². The Morgan fingerprint density at radius 1 is 0.975 bits per heavy atom. The number of carbonyl (C=O) groups is 2. The molecule has 0 saturated carbocycles. The van der Waals surface area contributed by atoms with Crippen molar-refractivity contribution in [1.82, 2.24) is 14.8 Å². The molecule has 2 fully saturated rings. The van der Waals surface area contributed by atoms with Crippen molar-refractivity contribution in [3.63, 3.8) is 0 Å². The number of carbonyl (C=O) groups excluding carboxylic acids is 2. The SMILES string of the molecule is CN1C(=O)CCC1C(=O)N1CCC2(Sc3ccc(F)cc3)c3ccc(C(F)(C(F)(F)F)C(F)(F)F)nc3CCC12. The minimum atomic E-state index is -6.30. The van der Waals surface area contributed by atoms with Gasteiger partial charge < -0.3 is 9.80 Å². The monoisotopic (exact) mass is 593 g/mol. The zero-order valence-corrected chi connectivity index (χ0v) is 21.8. The molecule has 0 N–H and O–H groups in total. The fraction of sp³-hybridized carbons (Fsp3) is 0.500. The van der Waals surface area contributed by atoms with Gasteiger partial charge in [-0.15, -0.1) is 11.8 Å². The van der Waals surface area contributed by atoms with Crippen molar-refractivity contribution in [2.45, 2.75) is 71.9 Å². The number of pyridine rings is 1. The molecule has 40 heavy (non-hydrogen) atoms. The van der Waals surface area contributed by atoms with Gasteiger partial charge in [-0.05, 0) is 61.6 Å². The molecule has 0 radical (unpaired) electrons. The Hall–Kier alpha value is -2.90. The maximum absolute atomic E-state index is 14.8. The molecule has 3 heterocycles. The van der Waals surface area contributed by atoms with Gasteiger partial charge in [0, 0.05) is 30.6 Å². The first-order chi connectivity index (χ1) is 18.6. The first kappa shape index (κ1) is 28.6. The average Bonchev–Trinajstić information content (AvgIpc) is 3.43. The Morgan fingerprint density at radius 3 is 2.20 bits per heavy atom. The van der Waals surface area contributed by atoms with Gasteiger partial charge in [-0.3, -0.25) is 14.6 Å². The summed E-state index contributed by atoms with van der Waals surface area (Å²) in [6.07, 6.45) is -11.8. The molecule has 216 valence electrons. The zero-order valence-electron chi connectivity index (χ0n) is 21.0. The number of rotatable bonds is 4. The number of hydrogen-bond acceptors (Lipinski definition) is 4. The zero-order chi connectivity index (χ0) is 29.3. The van der Waals surface area contributed by atoms with Gasteiger partial charge in [0.15, 0.2) is 0 Å². The molecule has 5 rings (SSSR count). The first-order valence-corrected chi connectivity index (χ1v) is 13.3. The van der Waals surface area contributed by atoms with Gasteiger partial charge in [0.1, 0.15) is 11.9 Å². The van der Waals surface area contributed by atoms with E-state index in [1.54, 1.807) is 4.90 Å². The second-order valence-electron chi connectivity index (χ2n) is 10.2. The molecule has 1 aromatic heterocycles. The number of halogens is 8. The number of nitrogens with zero attached hydrogens (tertiary/aromatic N) is 3. The minimum absolute atomic E-state index is 0.103. The standard InChI is InChI=1S/C26H23F8N3O2S/c1-36-18(8-11-21(36)38)22(39)37-13-12-23(40-15-4-2-14(27)3-5-15)16-6-9-19(35-17(16)7-10-20(23)37)24(28,25(29,30)31)26(32,33)34/h2-6,9,18,20H,7-8,10-13H2,1H3. The molecule has 3 aliphatic rings. The van der Waals surface area contributed by atoms with E-state index in [0.29, 0.717) is 22.9 Å². The van der Waals surface area contributed by atoms with E-state index in [4.69, 9.17) is 0 Å². The van der Waals surface area contributed by atoms with Crippen molar-refractivity contribution < 1.29 is 44.7 Å². The highest BCUT2D eigenvalue weighted by molar-refractivity contribution is 8.00. The summed E-state index contributed by atoms with van der Waals surface area (Å²) < 4.78 is 108. The number of thioether (sulfide) groups is 1. The normalized spacial score (nSPS) is 25.3. The molecule has 14 heteroatoms. The lowest BCUT2D eigenvalue weighted by molar-refractivity contribution is -0.350. The number of amides is 2. The summed E-state index contributed by atoms with van der Waals surface area (Å²) in [5.41, 5.74) is -7.30. The quantitative estimate of drug-likeness (QED) is 0.430. The highest BCUT2D eigenvalue weighted by Gasteiger charge is 2.74. The largest absolute Gasteiger partial charge is 0.437 e. The summed E-state index contributed by atoms with van der Waals surface area (Å²) in [5, 5.41) is 0. The molecule has 5 nitrogen and oxygen atoms in total. The fourth-order valence-electron chi connectivity index (χ4n) is 5.99. The van der Waals surface area contributed by atoms with Gasteiger partial charge in [0.05, 0.1) is 16.5 Å². The van der Waals surface area contributed by atoms with Crippen LogP contribution in [0.4, 0.5) is 35.1 Å². The van der Waals surface area contributed by atoms with E-state index in [0.717, 1.165) is 6.07 Å². The summed E-state index contributed by atoms with van der Waals surface area (Å²) in [5.74, 6) is -0.992. The maximum Gasteiger partial charge on any atom is 0.437 e. The van der Waals surface area contributed by atoms with E-state index in [1.165, 1.54) is 48.0 Å². The van der Waals surface area contributed by atoms with Crippen molar-refractivity contribution in [3.8, 4) is 0 Å². The Kier molecular flexibility index (Phi) is 6.86. The molecule has 2 saturated heterocycles. The molecule has 0 spiro atoms. The number of aryl methyl sites for hydroxylation is 1. The van der Waals surface area contributed by atoms with Crippen LogP contribution in [-0.2, 0) is 26.4 Å². The van der Waals surface area contributed by atoms with Gasteiger partial charge in [0.2, 0.25) is 11.8 Å². The summed E-state index contributed by atoms with van der Waals surface area (Å²) in [6.45, 7) is 0.204. The number of alkyl halides is 7. The van der Waals surface area contributed by atoms with Crippen LogP contribution in [0.2, 0.25) is 0 Å². The molecule has 2 aromatic rings. The third-order valence-electron chi connectivity index (χ3n) is 8.03. The summed E-state index contributed by atoms with van der Waals surface area (Å²) in [7, 11) is 1.53. The van der Waals surface area contributed by atoms with E-state index in [-0.39, 0.29) is 49.7 Å². The maximum atomic E-state index is 14.8. The Balaban J connectivity index is 1.59. The third kappa shape index (κ3) is 4.33. The number of aromatic nitrogens is 1. The second kappa shape index (κ2) is 9.59. The van der Waals surface area contributed by atoms with Crippen molar-refractivity contribution >= 4 is 23.6 Å². The molecule has 0 bridgehead atoms. The average molecular weight is 594 g/mol. The first-order valence-electron chi connectivity index (χ1n) is 12.4. The summed E-state index contributed by atoms with van der Waals surface area (Å²) in [4.78, 5) is 32.8. The molecular weight excluding hydrogens is 570 g/mol. The van der Waals surface area contributed by atoms with E-state index in [2.05, 4.69) is 4.98 Å². The number of likely N-dealkylation sites (tertiary alicyclic amines) is 2. The molecule has 1 aliphatic carbocycles. The van der Waals surface area contributed by atoms with Gasteiger partial charge in [-0.1, -0.05) is 6.07 Å². The fourth-order valence-corrected chi connectivity index (χ4v) is 7.56. The lowest BCUT2D eigenvalue weighted by Gasteiger charge is -2.43. The third-order valence-corrected chi connectivity index (χ3v) is 9.60. The lowest BCUT2D eigenvalue weighted by Crippen LogP contribution is -2.52. The molecule has 2 aliphatic heterocycles. The number of benzene rings is 1. The Labute approximate surface area is 227 Å². The van der Waals surface area contributed by atoms with Crippen LogP contribution in [0.5, 0.6) is 0 Å². The van der Waals surface area contributed by atoms with Crippen LogP contribution in [0.1, 0.15) is 42.6 Å². The van der Waals surface area contributed by atoms with Crippen molar-refractivity contribution in [3.05, 3.63) is 59.2 Å². The van der Waals surface area contributed by atoms with E-state index in [9.17, 15) is 44.7 Å². The van der Waals surface area contributed by atoms with Gasteiger partial charge in [-0.25, -0.2) is 8.78 Å². The highest BCUT2D eigenvalue weighted by Crippen LogP contribution is 2.58. The van der Waals surface area contributed by atoms with Crippen LogP contribution < -0.4 is 0 Å². The van der Waals surface area contributed by atoms with Crippen molar-refractivity contribution in [1.29, 1.82) is 0 Å². The summed E-state index contributed by atoms with van der Waals surface area (Å²) in [6, 6.07) is 5.58. The molecule has 2 amide bonds. The van der Waals surface area contributed by atoms with Crippen LogP contribution in [0.3, 0.4) is 0 Å². The highest BCUT2D eigenvalue weighted by atomic mass is 32.2. The minimum Gasteiger partial charge on any atom is -0.336 e. The van der Waals surface area contributed by atoms with Gasteiger partial charge in [-0.2, -0.15) is 26.3 Å². The van der Waals surface area contributed by atoms with E-state index in [1.807, 2.05) is 0 Å². The van der Waals surface area contributed by atoms with Crippen LogP contribution in [0.15, 0.2) is 41.3 Å². The smallest absolute Gasteiger partial charge is 0.336 e. The number of hydrogen-bond donors (Lipinski definition) is 0. The topological polar surface area (TPSA) is 53.5 Å². The van der Waals surface area contributed by atoms with Crippen LogP contribution >= 0.6 is 11.8 Å². The van der Waals surface area contributed by atoms with E-state index < -0.39 is 46.4 Å². The Bertz CT molecular complexity index is 1320. The van der Waals surface area contributed by atoms with Crippen molar-refractivity contribution in [2.75, 3.05) is 13.6 Å². The van der Waals surface area contributed by atoms with Crippen LogP contribution in [-0.4, -0.2) is 64.6 Å². The van der Waals surface area contributed by atoms with Crippen LogP contribution in [0.25, 0.3) is 0 Å². The summed E-state index contributed by atoms with van der Waals surface area (Å²) >= 11 is 1.20. The predicted molar refractivity (Wildman–Crippen MR) is 127 cm³/mol.